The van der Waals surface area contributed by atoms with Gasteiger partial charge in [-0.25, -0.2) is 16.8 Å². The molecule has 6 rings (SSSR count). The van der Waals surface area contributed by atoms with Gasteiger partial charge < -0.3 is 29.5 Å². The van der Waals surface area contributed by atoms with E-state index < -0.39 is 114 Å². The van der Waals surface area contributed by atoms with Crippen LogP contribution in [-0.4, -0.2) is 106 Å². The molecule has 20 heteroatoms. The maximum Gasteiger partial charge on any atom is 0.306 e. The predicted octanol–water partition coefficient (Wildman–Crippen LogP) is 11.6. The number of halogens is 4. The lowest BCUT2D eigenvalue weighted by Crippen LogP contribution is -2.57. The first-order valence-corrected chi connectivity index (χ1v) is 28.2. The number of carbonyl (C=O) groups excluding carboxylic acids is 2. The Morgan fingerprint density at radius 3 is 1.12 bits per heavy atom. The zero-order valence-electron chi connectivity index (χ0n) is 41.3. The van der Waals surface area contributed by atoms with Gasteiger partial charge >= 0.3 is 11.9 Å². The molecule has 2 amide bonds. The van der Waals surface area contributed by atoms with Crippen LogP contribution in [0.4, 0.5) is 0 Å². The molecule has 0 aromatic heterocycles. The number of carbonyl (C=O) groups is 4. The summed E-state index contributed by atoms with van der Waals surface area (Å²) in [5.74, 6) is -4.06. The van der Waals surface area contributed by atoms with Crippen LogP contribution >= 0.6 is 46.4 Å². The molecule has 4 aromatic rings. The smallest absolute Gasteiger partial charge is 0.306 e. The second kappa shape index (κ2) is 25.1. The molecule has 2 fully saturated rings. The number of nitrogens with zero attached hydrogens (tertiary/aromatic N) is 2. The van der Waals surface area contributed by atoms with Crippen LogP contribution < -0.4 is 0 Å². The van der Waals surface area contributed by atoms with Crippen molar-refractivity contribution in [1.29, 1.82) is 0 Å². The summed E-state index contributed by atoms with van der Waals surface area (Å²) < 4.78 is 63.1. The molecule has 2 aliphatic heterocycles. The molecule has 4 aromatic carbocycles. The third kappa shape index (κ3) is 15.0. The Morgan fingerprint density at radius 2 is 0.863 bits per heavy atom. The van der Waals surface area contributed by atoms with Gasteiger partial charge in [-0.2, -0.15) is 0 Å². The molecule has 2 aliphatic rings. The molecule has 2 saturated heterocycles. The van der Waals surface area contributed by atoms with Crippen molar-refractivity contribution in [3.8, 4) is 0 Å². The van der Waals surface area contributed by atoms with Crippen molar-refractivity contribution in [1.82, 2.24) is 9.80 Å². The van der Waals surface area contributed by atoms with E-state index in [2.05, 4.69) is 0 Å². The zero-order valence-corrected chi connectivity index (χ0v) is 46.0. The van der Waals surface area contributed by atoms with Crippen LogP contribution in [0.25, 0.3) is 0 Å². The van der Waals surface area contributed by atoms with Gasteiger partial charge in [0.2, 0.25) is 0 Å². The van der Waals surface area contributed by atoms with Crippen LogP contribution in [0.15, 0.2) is 97.1 Å². The Morgan fingerprint density at radius 1 is 0.548 bits per heavy atom. The fraction of sp³-hybridized carbons (Fsp3) is 0.472. The lowest BCUT2D eigenvalue weighted by atomic mass is 9.89. The maximum atomic E-state index is 13.8. The maximum absolute atomic E-state index is 13.8. The molecule has 0 radical (unpaired) electrons. The number of hydrogen-bond acceptors (Lipinski definition) is 10. The topological polar surface area (TPSA) is 202 Å². The van der Waals surface area contributed by atoms with E-state index in [0.29, 0.717) is 55.2 Å². The first kappa shape index (κ1) is 61.3. The number of ether oxygens (including phenoxy) is 2. The van der Waals surface area contributed by atoms with Gasteiger partial charge in [0.05, 0.1) is 45.9 Å². The fourth-order valence-electron chi connectivity index (χ4n) is 8.60. The Balaban J connectivity index is 0.000000312. The Bertz CT molecular complexity index is 2610. The molecule has 0 spiro atoms. The van der Waals surface area contributed by atoms with Gasteiger partial charge in [0.25, 0.3) is 11.8 Å². The molecule has 0 saturated carbocycles. The number of aliphatic carboxylic acids is 2. The van der Waals surface area contributed by atoms with E-state index in [1.165, 1.54) is 9.80 Å². The summed E-state index contributed by atoms with van der Waals surface area (Å²) in [6.07, 6.45) is -4.59. The lowest BCUT2D eigenvalue weighted by Gasteiger charge is -2.48. The number of carboxylic acids is 2. The summed E-state index contributed by atoms with van der Waals surface area (Å²) in [5.41, 5.74) is 2.64. The van der Waals surface area contributed by atoms with Crippen molar-refractivity contribution in [3.05, 3.63) is 139 Å². The van der Waals surface area contributed by atoms with Crippen molar-refractivity contribution in [3.63, 3.8) is 0 Å². The van der Waals surface area contributed by atoms with Gasteiger partial charge in [-0.05, 0) is 125 Å². The third-order valence-corrected chi connectivity index (χ3v) is 19.1. The van der Waals surface area contributed by atoms with Crippen LogP contribution in [0, 0.1) is 0 Å². The third-order valence-electron chi connectivity index (χ3n) is 12.8. The molecule has 0 aliphatic carbocycles. The predicted molar refractivity (Wildman–Crippen MR) is 287 cm³/mol. The number of carboxylic acid groups (broad SMARTS) is 2. The minimum absolute atomic E-state index is 0. The number of hydrogen-bond donors (Lipinski definition) is 2. The molecule has 2 heterocycles. The van der Waals surface area contributed by atoms with Crippen LogP contribution in [-0.2, 0) is 48.3 Å². The van der Waals surface area contributed by atoms with Gasteiger partial charge in [0, 0.05) is 32.2 Å². The Kier molecular flexibility index (Phi) is 21.0. The van der Waals surface area contributed by atoms with E-state index in [9.17, 15) is 46.2 Å². The number of amides is 2. The molecular formula is C53H66Cl4N2O12S2. The van der Waals surface area contributed by atoms with E-state index in [0.717, 1.165) is 0 Å². The fourth-order valence-corrected chi connectivity index (χ4v) is 12.1. The SMILES string of the molecule is C.CC[C@H](CS(=O)(=O)C(C)(C)C)N1C(=O)[C@@H](CC(=O)O)O[C@H](c2cccc(Cl)c2)[C@H]1c1ccc(Cl)cc1.CC[C@H](CS(=O)(=O)C(C)(C)C)N1C(=O)[C@H](CC(=O)O)O[C@H](c2cccc(Cl)c2)[C@H]1c1ccc(Cl)cc1. The van der Waals surface area contributed by atoms with E-state index in [1.807, 2.05) is 13.8 Å². The number of morpholine rings is 2. The quantitative estimate of drug-likeness (QED) is 0.108. The molecule has 8 atom stereocenters. The Hall–Kier alpha value is -4.26. The van der Waals surface area contributed by atoms with Crippen molar-refractivity contribution in [2.75, 3.05) is 11.5 Å². The highest BCUT2D eigenvalue weighted by Gasteiger charge is 2.50. The van der Waals surface area contributed by atoms with Gasteiger partial charge in [-0.15, -0.1) is 0 Å². The second-order valence-electron chi connectivity index (χ2n) is 19.8. The van der Waals surface area contributed by atoms with Crippen molar-refractivity contribution in [2.45, 2.75) is 147 Å². The first-order chi connectivity index (χ1) is 33.5. The van der Waals surface area contributed by atoms with E-state index in [-0.39, 0.29) is 18.9 Å². The normalized spacial score (nSPS) is 21.6. The number of benzene rings is 4. The highest BCUT2D eigenvalue weighted by atomic mass is 35.5. The van der Waals surface area contributed by atoms with E-state index in [1.54, 1.807) is 139 Å². The van der Waals surface area contributed by atoms with Gasteiger partial charge in [0.1, 0.15) is 24.4 Å². The molecule has 0 unspecified atom stereocenters. The molecular weight excluding hydrogens is 1060 g/mol. The first-order valence-electron chi connectivity index (χ1n) is 23.3. The summed E-state index contributed by atoms with van der Waals surface area (Å²) in [5, 5.41) is 20.9. The highest BCUT2D eigenvalue weighted by molar-refractivity contribution is 7.93. The lowest BCUT2D eigenvalue weighted by molar-refractivity contribution is -0.182. The minimum atomic E-state index is -3.62. The second-order valence-corrected chi connectivity index (χ2v) is 27.1. The van der Waals surface area contributed by atoms with Crippen molar-refractivity contribution in [2.24, 2.45) is 0 Å². The standard InChI is InChI=1S/2C26H31Cl2NO6S.CH4/c2*1-5-20(15-36(33,34)26(2,3)4)29-23(16-9-11-18(27)12-10-16)24(17-7-6-8-19(28)13-17)35-21(25(29)32)14-22(30)31;/h2*6-13,20-21,23-24H,5,14-15H2,1-4H3,(H,30,31);1H4/t20-,21+,23-,24-;20-,21-,23-,24-;/m11./s1. The molecule has 2 N–H and O–H groups in total. The summed E-state index contributed by atoms with van der Waals surface area (Å²) in [6, 6.07) is 24.7. The summed E-state index contributed by atoms with van der Waals surface area (Å²) >= 11 is 24.8. The molecule has 0 bridgehead atoms. The highest BCUT2D eigenvalue weighted by Crippen LogP contribution is 2.47. The van der Waals surface area contributed by atoms with E-state index in [4.69, 9.17) is 55.9 Å². The number of sulfone groups is 2. The molecule has 14 nitrogen and oxygen atoms in total. The average molecular weight is 1130 g/mol. The monoisotopic (exact) mass is 1130 g/mol. The van der Waals surface area contributed by atoms with Crippen LogP contribution in [0.3, 0.4) is 0 Å². The minimum Gasteiger partial charge on any atom is -0.481 e. The summed E-state index contributed by atoms with van der Waals surface area (Å²) in [6.45, 7) is 13.3. The average Bonchev–Trinajstić information content (AvgIpc) is 3.28. The summed E-state index contributed by atoms with van der Waals surface area (Å²) in [4.78, 5) is 53.8. The van der Waals surface area contributed by atoms with Crippen molar-refractivity contribution >= 4 is 89.8 Å². The van der Waals surface area contributed by atoms with Crippen molar-refractivity contribution < 1.29 is 55.7 Å². The van der Waals surface area contributed by atoms with Crippen LogP contribution in [0.2, 0.25) is 20.1 Å². The summed E-state index contributed by atoms with van der Waals surface area (Å²) in [7, 11) is -7.23. The van der Waals surface area contributed by atoms with Gasteiger partial charge in [0.15, 0.2) is 19.7 Å². The van der Waals surface area contributed by atoms with Crippen LogP contribution in [0.5, 0.6) is 0 Å². The zero-order chi connectivity index (χ0) is 53.7. The van der Waals surface area contributed by atoms with E-state index >= 15 is 0 Å². The van der Waals surface area contributed by atoms with Gasteiger partial charge in [-0.1, -0.05) is 116 Å². The molecule has 73 heavy (non-hydrogen) atoms. The number of rotatable bonds is 16. The largest absolute Gasteiger partial charge is 0.481 e. The van der Waals surface area contributed by atoms with Crippen LogP contribution in [0.1, 0.15) is 135 Å². The van der Waals surface area contributed by atoms with Gasteiger partial charge in [-0.3, -0.25) is 19.2 Å². The molecule has 400 valence electrons. The Labute approximate surface area is 450 Å².